The van der Waals surface area contributed by atoms with E-state index in [0.29, 0.717) is 26.1 Å². The van der Waals surface area contributed by atoms with Gasteiger partial charge in [-0.3, -0.25) is 9.59 Å². The van der Waals surface area contributed by atoms with Crippen LogP contribution in [-0.4, -0.2) is 49.4 Å². The molecule has 28 heavy (non-hydrogen) atoms. The molecule has 0 bridgehead atoms. The highest BCUT2D eigenvalue weighted by Crippen LogP contribution is 2.28. The molecule has 0 saturated carbocycles. The molecule has 146 valence electrons. The number of rotatable bonds is 3. The van der Waals surface area contributed by atoms with E-state index in [1.54, 1.807) is 4.90 Å². The van der Waals surface area contributed by atoms with Crippen LogP contribution in [-0.2, 0) is 9.59 Å². The normalized spacial score (nSPS) is 20.0. The second-order valence-corrected chi connectivity index (χ2v) is 8.45. The summed E-state index contributed by atoms with van der Waals surface area (Å²) in [6.45, 7) is 5.61. The molecule has 0 aromatic heterocycles. The van der Waals surface area contributed by atoms with E-state index in [4.69, 9.17) is 0 Å². The Balaban J connectivity index is 1.37. The van der Waals surface area contributed by atoms with Crippen molar-refractivity contribution < 1.29 is 9.59 Å². The van der Waals surface area contributed by atoms with Gasteiger partial charge < -0.3 is 14.7 Å². The molecule has 0 radical (unpaired) electrons. The summed E-state index contributed by atoms with van der Waals surface area (Å²) in [5.41, 5.74) is 3.30. The second kappa shape index (κ2) is 7.95. The van der Waals surface area contributed by atoms with Crippen molar-refractivity contribution in [2.75, 3.05) is 42.5 Å². The van der Waals surface area contributed by atoms with Crippen LogP contribution in [0.25, 0.3) is 0 Å². The van der Waals surface area contributed by atoms with Crippen LogP contribution in [0, 0.1) is 12.8 Å². The van der Waals surface area contributed by atoms with Gasteiger partial charge in [-0.2, -0.15) is 0 Å². The van der Waals surface area contributed by atoms with Gasteiger partial charge >= 0.3 is 0 Å². The van der Waals surface area contributed by atoms with E-state index in [9.17, 15) is 9.59 Å². The highest BCUT2D eigenvalue weighted by Gasteiger charge is 2.38. The molecule has 2 amide bonds. The highest BCUT2D eigenvalue weighted by molar-refractivity contribution is 9.10. The summed E-state index contributed by atoms with van der Waals surface area (Å²) in [5, 5.41) is 0. The first-order chi connectivity index (χ1) is 13.5. The van der Waals surface area contributed by atoms with Crippen molar-refractivity contribution in [1.82, 2.24) is 4.90 Å². The third kappa shape index (κ3) is 3.92. The van der Waals surface area contributed by atoms with Gasteiger partial charge in [-0.1, -0.05) is 34.1 Å². The molecule has 2 aromatic rings. The van der Waals surface area contributed by atoms with E-state index in [1.165, 1.54) is 11.3 Å². The molecule has 2 saturated heterocycles. The molecule has 6 heteroatoms. The van der Waals surface area contributed by atoms with Gasteiger partial charge in [0.2, 0.25) is 11.8 Å². The predicted octanol–water partition coefficient (Wildman–Crippen LogP) is 3.46. The molecule has 2 aromatic carbocycles. The van der Waals surface area contributed by atoms with Gasteiger partial charge in [0, 0.05) is 55.0 Å². The third-order valence-electron chi connectivity index (χ3n) is 5.55. The largest absolute Gasteiger partial charge is 0.368 e. The number of nitrogens with zero attached hydrogens (tertiary/aromatic N) is 3. The lowest BCUT2D eigenvalue weighted by atomic mass is 10.1. The molecular formula is C22H24BrN3O2. The first kappa shape index (κ1) is 19.0. The first-order valence-corrected chi connectivity index (χ1v) is 10.5. The first-order valence-electron chi connectivity index (χ1n) is 9.67. The monoisotopic (exact) mass is 441 g/mol. The van der Waals surface area contributed by atoms with Gasteiger partial charge in [0.15, 0.2) is 0 Å². The van der Waals surface area contributed by atoms with E-state index in [0.717, 1.165) is 23.2 Å². The molecule has 2 heterocycles. The molecule has 2 fully saturated rings. The number of aryl methyl sites for hydroxylation is 1. The fourth-order valence-corrected chi connectivity index (χ4v) is 4.42. The zero-order valence-electron chi connectivity index (χ0n) is 16.0. The topological polar surface area (TPSA) is 43.9 Å². The Labute approximate surface area is 174 Å². The highest BCUT2D eigenvalue weighted by atomic mass is 79.9. The lowest BCUT2D eigenvalue weighted by Gasteiger charge is -2.37. The Morgan fingerprint density at radius 1 is 1.00 bits per heavy atom. The lowest BCUT2D eigenvalue weighted by molar-refractivity contribution is -0.136. The number of anilines is 2. The number of benzene rings is 2. The maximum atomic E-state index is 13.0. The minimum atomic E-state index is -0.253. The van der Waals surface area contributed by atoms with Crippen LogP contribution in [0.5, 0.6) is 0 Å². The van der Waals surface area contributed by atoms with E-state index in [2.05, 4.69) is 52.0 Å². The molecule has 2 aliphatic heterocycles. The average molecular weight is 442 g/mol. The van der Waals surface area contributed by atoms with Crippen LogP contribution in [0.15, 0.2) is 53.0 Å². The quantitative estimate of drug-likeness (QED) is 0.732. The number of hydrogen-bond donors (Lipinski definition) is 0. The van der Waals surface area contributed by atoms with Crippen LogP contribution in [0.3, 0.4) is 0 Å². The molecule has 0 N–H and O–H groups in total. The summed E-state index contributed by atoms with van der Waals surface area (Å²) >= 11 is 3.45. The maximum absolute atomic E-state index is 13.0. The van der Waals surface area contributed by atoms with E-state index < -0.39 is 0 Å². The van der Waals surface area contributed by atoms with Gasteiger partial charge in [0.25, 0.3) is 0 Å². The Kier molecular flexibility index (Phi) is 5.40. The molecule has 4 rings (SSSR count). The van der Waals surface area contributed by atoms with Crippen LogP contribution in [0.1, 0.15) is 12.0 Å². The number of piperazine rings is 1. The Hall–Kier alpha value is -2.34. The zero-order valence-corrected chi connectivity index (χ0v) is 17.6. The molecule has 5 nitrogen and oxygen atoms in total. The summed E-state index contributed by atoms with van der Waals surface area (Å²) in [6, 6.07) is 16.1. The van der Waals surface area contributed by atoms with E-state index >= 15 is 0 Å². The molecule has 1 unspecified atom stereocenters. The Morgan fingerprint density at radius 2 is 1.71 bits per heavy atom. The van der Waals surface area contributed by atoms with Crippen molar-refractivity contribution in [3.05, 3.63) is 58.6 Å². The number of halogens is 1. The molecule has 1 atom stereocenters. The van der Waals surface area contributed by atoms with Crippen molar-refractivity contribution in [2.24, 2.45) is 5.92 Å². The average Bonchev–Trinajstić information content (AvgIpc) is 3.09. The maximum Gasteiger partial charge on any atom is 0.228 e. The van der Waals surface area contributed by atoms with Gasteiger partial charge in [0.1, 0.15) is 0 Å². The molecular weight excluding hydrogens is 418 g/mol. The third-order valence-corrected chi connectivity index (χ3v) is 6.05. The van der Waals surface area contributed by atoms with Crippen LogP contribution < -0.4 is 9.80 Å². The summed E-state index contributed by atoms with van der Waals surface area (Å²) in [4.78, 5) is 31.5. The summed E-state index contributed by atoms with van der Waals surface area (Å²) in [6.07, 6.45) is 0.295. The summed E-state index contributed by atoms with van der Waals surface area (Å²) < 4.78 is 0.930. The van der Waals surface area contributed by atoms with E-state index in [1.807, 2.05) is 29.2 Å². The van der Waals surface area contributed by atoms with Crippen molar-refractivity contribution in [2.45, 2.75) is 13.3 Å². The number of carbonyl (C=O) groups excluding carboxylic acids is 2. The number of hydrogen-bond acceptors (Lipinski definition) is 3. The SMILES string of the molecule is Cc1cccc(N2CCN(C(=O)C3CC(=O)N(c4cccc(Br)c4)C3)CC2)c1. The molecule has 0 spiro atoms. The Bertz CT molecular complexity index is 893. The predicted molar refractivity (Wildman–Crippen MR) is 115 cm³/mol. The van der Waals surface area contributed by atoms with Crippen molar-refractivity contribution in [1.29, 1.82) is 0 Å². The lowest BCUT2D eigenvalue weighted by Crippen LogP contribution is -2.50. The van der Waals surface area contributed by atoms with Gasteiger partial charge in [-0.25, -0.2) is 0 Å². The second-order valence-electron chi connectivity index (χ2n) is 7.54. The van der Waals surface area contributed by atoms with Gasteiger partial charge in [-0.15, -0.1) is 0 Å². The van der Waals surface area contributed by atoms with Crippen LogP contribution in [0.2, 0.25) is 0 Å². The minimum absolute atomic E-state index is 0.0230. The number of amides is 2. The zero-order chi connectivity index (χ0) is 19.7. The smallest absolute Gasteiger partial charge is 0.228 e. The van der Waals surface area contributed by atoms with E-state index in [-0.39, 0.29) is 17.7 Å². The summed E-state index contributed by atoms with van der Waals surface area (Å²) in [7, 11) is 0. The minimum Gasteiger partial charge on any atom is -0.368 e. The van der Waals surface area contributed by atoms with Gasteiger partial charge in [0.05, 0.1) is 5.92 Å². The Morgan fingerprint density at radius 3 is 2.43 bits per heavy atom. The van der Waals surface area contributed by atoms with Crippen LogP contribution >= 0.6 is 15.9 Å². The van der Waals surface area contributed by atoms with Crippen molar-refractivity contribution in [3.63, 3.8) is 0 Å². The van der Waals surface area contributed by atoms with Crippen molar-refractivity contribution in [3.8, 4) is 0 Å². The number of carbonyl (C=O) groups is 2. The van der Waals surface area contributed by atoms with Crippen LogP contribution in [0.4, 0.5) is 11.4 Å². The molecule has 0 aliphatic carbocycles. The van der Waals surface area contributed by atoms with Crippen molar-refractivity contribution >= 4 is 39.1 Å². The standard InChI is InChI=1S/C22H24BrN3O2/c1-16-4-2-6-19(12-16)24-8-10-25(11-9-24)22(28)17-13-21(27)26(15-17)20-7-3-5-18(23)14-20/h2-7,12,14,17H,8-11,13,15H2,1H3. The van der Waals surface area contributed by atoms with Gasteiger partial charge in [-0.05, 0) is 42.8 Å². The fraction of sp³-hybridized carbons (Fsp3) is 0.364. The fourth-order valence-electron chi connectivity index (χ4n) is 4.03. The molecule has 2 aliphatic rings. The summed E-state index contributed by atoms with van der Waals surface area (Å²) in [5.74, 6) is -0.124.